The second kappa shape index (κ2) is 12.9. The van der Waals surface area contributed by atoms with E-state index in [2.05, 4.69) is 4.72 Å². The molecule has 0 aromatic heterocycles. The maximum Gasteiger partial charge on any atom is 0.261 e. The van der Waals surface area contributed by atoms with Gasteiger partial charge in [-0.1, -0.05) is 24.6 Å². The van der Waals surface area contributed by atoms with E-state index in [1.54, 1.807) is 31.2 Å². The van der Waals surface area contributed by atoms with E-state index in [9.17, 15) is 26.7 Å². The van der Waals surface area contributed by atoms with Crippen LogP contribution in [0.25, 0.3) is 0 Å². The number of likely N-dealkylation sites (N-methyl/N-ethyl adjacent to an activating group) is 1. The minimum atomic E-state index is -3.94. The number of amides is 1. The molecule has 0 radical (unpaired) electrons. The number of aryl methyl sites for hydroxylation is 1. The van der Waals surface area contributed by atoms with E-state index in [-0.39, 0.29) is 52.4 Å². The fourth-order valence-electron chi connectivity index (χ4n) is 4.71. The lowest BCUT2D eigenvalue weighted by atomic mass is 9.99. The van der Waals surface area contributed by atoms with Gasteiger partial charge in [-0.05, 0) is 68.4 Å². The quantitative estimate of drug-likeness (QED) is 0.347. The molecule has 3 aromatic rings. The highest BCUT2D eigenvalue weighted by Gasteiger charge is 2.35. The third-order valence-electron chi connectivity index (χ3n) is 7.45. The van der Waals surface area contributed by atoms with Crippen LogP contribution in [0.1, 0.15) is 29.8 Å². The molecule has 1 aliphatic rings. The lowest BCUT2D eigenvalue weighted by Crippen LogP contribution is -2.50. The van der Waals surface area contributed by atoms with Crippen molar-refractivity contribution in [3.05, 3.63) is 77.9 Å². The topological polar surface area (TPSA) is 143 Å². The zero-order chi connectivity index (χ0) is 31.5. The Kier molecular flexibility index (Phi) is 9.70. The summed E-state index contributed by atoms with van der Waals surface area (Å²) in [6.45, 7) is 5.23. The Balaban J connectivity index is 1.67. The van der Waals surface area contributed by atoms with Crippen molar-refractivity contribution in [3.63, 3.8) is 0 Å². The van der Waals surface area contributed by atoms with Crippen molar-refractivity contribution in [2.24, 2.45) is 5.92 Å². The highest BCUT2D eigenvalue weighted by molar-refractivity contribution is 7.92. The SMILES string of the molecule is COc1ccc(S(=O)(=O)N(C)C[C@H]2Oc3ccc(NS(=O)(=O)c4ccc(C)cc4)cc3C(=O)N([C@H](C)CO)C[C@@H]2C)cc1. The molecule has 1 aliphatic heterocycles. The summed E-state index contributed by atoms with van der Waals surface area (Å²) in [4.78, 5) is 15.4. The second-order valence-electron chi connectivity index (χ2n) is 10.7. The molecule has 43 heavy (non-hydrogen) atoms. The summed E-state index contributed by atoms with van der Waals surface area (Å²) < 4.78 is 67.9. The number of carbonyl (C=O) groups excluding carboxylic acids is 1. The maximum absolute atomic E-state index is 13.7. The first-order valence-corrected chi connectivity index (χ1v) is 16.6. The molecule has 0 saturated carbocycles. The monoisotopic (exact) mass is 631 g/mol. The van der Waals surface area contributed by atoms with Crippen molar-refractivity contribution < 1.29 is 36.2 Å². The fraction of sp³-hybridized carbons (Fsp3) is 0.367. The van der Waals surface area contributed by atoms with Gasteiger partial charge < -0.3 is 19.5 Å². The van der Waals surface area contributed by atoms with Gasteiger partial charge in [0.15, 0.2) is 0 Å². The molecule has 1 heterocycles. The molecule has 13 heteroatoms. The molecule has 232 valence electrons. The van der Waals surface area contributed by atoms with Gasteiger partial charge in [-0.25, -0.2) is 16.8 Å². The Labute approximate surface area is 253 Å². The smallest absolute Gasteiger partial charge is 0.261 e. The molecule has 1 amide bonds. The number of nitrogens with one attached hydrogen (secondary N) is 1. The van der Waals surface area contributed by atoms with Crippen LogP contribution < -0.4 is 14.2 Å². The van der Waals surface area contributed by atoms with Crippen LogP contribution in [0.5, 0.6) is 11.5 Å². The summed E-state index contributed by atoms with van der Waals surface area (Å²) in [5, 5.41) is 9.92. The number of methoxy groups -OCH3 is 1. The molecular formula is C30H37N3O8S2. The zero-order valence-electron chi connectivity index (χ0n) is 24.7. The van der Waals surface area contributed by atoms with Crippen molar-refractivity contribution in [3.8, 4) is 11.5 Å². The predicted octanol–water partition coefficient (Wildman–Crippen LogP) is 3.35. The molecule has 0 bridgehead atoms. The van der Waals surface area contributed by atoms with Gasteiger partial charge in [-0.2, -0.15) is 4.31 Å². The molecule has 3 atom stereocenters. The van der Waals surface area contributed by atoms with Crippen LogP contribution in [0.3, 0.4) is 0 Å². The summed E-state index contributed by atoms with van der Waals surface area (Å²) in [5.74, 6) is -0.0829. The van der Waals surface area contributed by atoms with Crippen molar-refractivity contribution >= 4 is 31.6 Å². The minimum absolute atomic E-state index is 0.0354. The molecule has 0 aliphatic carbocycles. The molecular weight excluding hydrogens is 594 g/mol. The van der Waals surface area contributed by atoms with E-state index in [1.165, 1.54) is 65.8 Å². The molecule has 4 rings (SSSR count). The van der Waals surface area contributed by atoms with E-state index < -0.39 is 38.1 Å². The lowest BCUT2D eigenvalue weighted by molar-refractivity contribution is 0.0387. The number of ether oxygens (including phenoxy) is 2. The summed E-state index contributed by atoms with van der Waals surface area (Å²) in [6, 6.07) is 16.2. The van der Waals surface area contributed by atoms with E-state index in [1.807, 2.05) is 13.8 Å². The maximum atomic E-state index is 13.7. The molecule has 3 aromatic carbocycles. The van der Waals surface area contributed by atoms with E-state index >= 15 is 0 Å². The Morgan fingerprint density at radius 2 is 1.67 bits per heavy atom. The number of hydrogen-bond acceptors (Lipinski definition) is 8. The molecule has 11 nitrogen and oxygen atoms in total. The number of hydrogen-bond donors (Lipinski definition) is 2. The van der Waals surface area contributed by atoms with Crippen LogP contribution in [0.2, 0.25) is 0 Å². The van der Waals surface area contributed by atoms with Crippen LogP contribution in [-0.2, 0) is 20.0 Å². The van der Waals surface area contributed by atoms with Gasteiger partial charge in [-0.3, -0.25) is 9.52 Å². The lowest BCUT2D eigenvalue weighted by Gasteiger charge is -2.38. The summed E-state index contributed by atoms with van der Waals surface area (Å²) >= 11 is 0. The third kappa shape index (κ3) is 7.12. The van der Waals surface area contributed by atoms with E-state index in [0.29, 0.717) is 5.75 Å². The van der Waals surface area contributed by atoms with Gasteiger partial charge in [-0.15, -0.1) is 0 Å². The van der Waals surface area contributed by atoms with Crippen LogP contribution in [0.15, 0.2) is 76.5 Å². The largest absolute Gasteiger partial charge is 0.497 e. The van der Waals surface area contributed by atoms with E-state index in [4.69, 9.17) is 9.47 Å². The number of carbonyl (C=O) groups is 1. The number of anilines is 1. The number of nitrogens with zero attached hydrogens (tertiary/aromatic N) is 2. The van der Waals surface area contributed by atoms with E-state index in [0.717, 1.165) is 5.56 Å². The number of benzene rings is 3. The summed E-state index contributed by atoms with van der Waals surface area (Å²) in [7, 11) is -4.88. The Morgan fingerprint density at radius 3 is 2.28 bits per heavy atom. The van der Waals surface area contributed by atoms with Gasteiger partial charge in [0.25, 0.3) is 15.9 Å². The van der Waals surface area contributed by atoms with Crippen LogP contribution in [0.4, 0.5) is 5.69 Å². The van der Waals surface area contributed by atoms with Gasteiger partial charge in [0.1, 0.15) is 17.6 Å². The first-order chi connectivity index (χ1) is 20.3. The van der Waals surface area contributed by atoms with Crippen LogP contribution >= 0.6 is 0 Å². The minimum Gasteiger partial charge on any atom is -0.497 e. The number of aliphatic hydroxyl groups excluding tert-OH is 1. The highest BCUT2D eigenvalue weighted by Crippen LogP contribution is 2.32. The average molecular weight is 632 g/mol. The second-order valence-corrected chi connectivity index (χ2v) is 14.4. The van der Waals surface area contributed by atoms with Gasteiger partial charge >= 0.3 is 0 Å². The molecule has 0 spiro atoms. The van der Waals surface area contributed by atoms with Gasteiger partial charge in [0.2, 0.25) is 10.0 Å². The third-order valence-corrected chi connectivity index (χ3v) is 10.7. The normalized spacial score (nSPS) is 18.3. The van der Waals surface area contributed by atoms with Crippen molar-refractivity contribution in [2.75, 3.05) is 38.6 Å². The number of rotatable bonds is 10. The fourth-order valence-corrected chi connectivity index (χ4v) is 6.95. The standard InChI is InChI=1S/C30H37N3O8S2/c1-20-6-11-25(12-7-20)42(36,37)31-23-8-15-28-27(16-23)30(35)33(22(3)19-34)17-21(2)29(41-28)18-32(4)43(38,39)26-13-9-24(40-5)10-14-26/h6-16,21-22,29,31,34H,17-19H2,1-5H3/t21-,22+,29+/m0/s1. The van der Waals surface area contributed by atoms with Gasteiger partial charge in [0, 0.05) is 25.2 Å². The predicted molar refractivity (Wildman–Crippen MR) is 162 cm³/mol. The first-order valence-electron chi connectivity index (χ1n) is 13.7. The van der Waals surface area contributed by atoms with Crippen LogP contribution in [-0.4, -0.2) is 83.1 Å². The summed E-state index contributed by atoms with van der Waals surface area (Å²) in [5.41, 5.74) is 1.14. The number of aliphatic hydroxyl groups is 1. The zero-order valence-corrected chi connectivity index (χ0v) is 26.4. The molecule has 2 N–H and O–H groups in total. The van der Waals surface area contributed by atoms with Crippen LogP contribution in [0, 0.1) is 12.8 Å². The Hall–Kier alpha value is -3.65. The molecule has 0 unspecified atom stereocenters. The summed E-state index contributed by atoms with van der Waals surface area (Å²) in [6.07, 6.45) is -0.687. The van der Waals surface area contributed by atoms with Crippen molar-refractivity contribution in [1.82, 2.24) is 9.21 Å². The Morgan fingerprint density at radius 1 is 1.05 bits per heavy atom. The number of fused-ring (bicyclic) bond motifs is 1. The van der Waals surface area contributed by atoms with Crippen molar-refractivity contribution in [1.29, 1.82) is 0 Å². The molecule has 0 fully saturated rings. The first kappa shape index (κ1) is 32.3. The average Bonchev–Trinajstić information content (AvgIpc) is 2.98. The Bertz CT molecular complexity index is 1660. The van der Waals surface area contributed by atoms with Gasteiger partial charge in [0.05, 0.1) is 41.7 Å². The molecule has 0 saturated heterocycles. The van der Waals surface area contributed by atoms with Crippen molar-refractivity contribution in [2.45, 2.75) is 42.7 Å². The highest BCUT2D eigenvalue weighted by atomic mass is 32.2. The number of sulfonamides is 2.